The molecule has 1 heterocycles. The van der Waals surface area contributed by atoms with E-state index >= 15 is 0 Å². The van der Waals surface area contributed by atoms with E-state index in [9.17, 15) is 9.59 Å². The Labute approximate surface area is 87.1 Å². The Morgan fingerprint density at radius 3 is 2.87 bits per heavy atom. The fourth-order valence-corrected chi connectivity index (χ4v) is 1.22. The van der Waals surface area contributed by atoms with Gasteiger partial charge in [-0.15, -0.1) is 0 Å². The summed E-state index contributed by atoms with van der Waals surface area (Å²) in [6.07, 6.45) is 1.91. The number of carboxylic acid groups (broad SMARTS) is 1. The highest BCUT2D eigenvalue weighted by Crippen LogP contribution is 2.15. The minimum absolute atomic E-state index is 0.149. The maximum Gasteiger partial charge on any atom is 0.305 e. The molecule has 1 aromatic heterocycles. The van der Waals surface area contributed by atoms with Crippen molar-refractivity contribution in [1.82, 2.24) is 10.3 Å². The number of aryl methyl sites for hydroxylation is 1. The average molecular weight is 208 g/mol. The molecule has 80 valence electrons. The van der Waals surface area contributed by atoms with Gasteiger partial charge in [0.25, 0.3) is 0 Å². The van der Waals surface area contributed by atoms with Crippen molar-refractivity contribution >= 4 is 12.4 Å². The molecule has 5 nitrogen and oxygen atoms in total. The first-order valence-electron chi connectivity index (χ1n) is 4.47. The van der Waals surface area contributed by atoms with E-state index < -0.39 is 12.0 Å². The smallest absolute Gasteiger partial charge is 0.305 e. The highest BCUT2D eigenvalue weighted by Gasteiger charge is 2.14. The average Bonchev–Trinajstić information content (AvgIpc) is 2.17. The first-order chi connectivity index (χ1) is 7.13. The lowest BCUT2D eigenvalue weighted by Crippen LogP contribution is -2.22. The molecule has 2 N–H and O–H groups in total. The van der Waals surface area contributed by atoms with Gasteiger partial charge in [0.2, 0.25) is 6.41 Å². The van der Waals surface area contributed by atoms with Gasteiger partial charge >= 0.3 is 5.97 Å². The summed E-state index contributed by atoms with van der Waals surface area (Å²) in [4.78, 5) is 24.9. The Morgan fingerprint density at radius 2 is 2.40 bits per heavy atom. The van der Waals surface area contributed by atoms with Crippen LogP contribution in [-0.2, 0) is 9.59 Å². The van der Waals surface area contributed by atoms with Crippen LogP contribution >= 0.6 is 0 Å². The summed E-state index contributed by atoms with van der Waals surface area (Å²) in [6, 6.07) is 3.01. The molecule has 0 radical (unpaired) electrons. The van der Waals surface area contributed by atoms with Crippen molar-refractivity contribution in [1.29, 1.82) is 0 Å². The van der Waals surface area contributed by atoms with Gasteiger partial charge in [-0.05, 0) is 18.6 Å². The molecule has 0 aliphatic carbocycles. The molecule has 1 amide bonds. The number of pyridine rings is 1. The van der Waals surface area contributed by atoms with Gasteiger partial charge in [-0.3, -0.25) is 14.6 Å². The van der Waals surface area contributed by atoms with E-state index in [4.69, 9.17) is 5.11 Å². The van der Waals surface area contributed by atoms with Crippen molar-refractivity contribution in [2.45, 2.75) is 19.4 Å². The van der Waals surface area contributed by atoms with Gasteiger partial charge in [0.05, 0.1) is 12.5 Å². The molecule has 0 bridgehead atoms. The number of amides is 1. The second-order valence-electron chi connectivity index (χ2n) is 3.17. The van der Waals surface area contributed by atoms with Crippen molar-refractivity contribution in [2.24, 2.45) is 0 Å². The van der Waals surface area contributed by atoms with Gasteiger partial charge in [0.1, 0.15) is 0 Å². The highest BCUT2D eigenvalue weighted by molar-refractivity contribution is 5.68. The molecule has 0 aliphatic heterocycles. The van der Waals surface area contributed by atoms with Crippen LogP contribution in [0.4, 0.5) is 0 Å². The first-order valence-corrected chi connectivity index (χ1v) is 4.47. The quantitative estimate of drug-likeness (QED) is 0.696. The Bertz CT molecular complexity index is 348. The number of carbonyl (C=O) groups excluding carboxylic acids is 1. The van der Waals surface area contributed by atoms with Crippen molar-refractivity contribution in [3.05, 3.63) is 29.6 Å². The van der Waals surface area contributed by atoms with E-state index in [1.165, 1.54) is 0 Å². The fraction of sp³-hybridized carbons (Fsp3) is 0.300. The number of hydrogen-bond donors (Lipinski definition) is 2. The van der Waals surface area contributed by atoms with Crippen LogP contribution in [0.25, 0.3) is 0 Å². The number of hydrogen-bond acceptors (Lipinski definition) is 3. The topological polar surface area (TPSA) is 79.3 Å². The third kappa shape index (κ3) is 3.38. The summed E-state index contributed by atoms with van der Waals surface area (Å²) in [5, 5.41) is 11.1. The van der Waals surface area contributed by atoms with Crippen LogP contribution in [0.5, 0.6) is 0 Å². The summed E-state index contributed by atoms with van der Waals surface area (Å²) < 4.78 is 0. The van der Waals surface area contributed by atoms with Gasteiger partial charge in [-0.2, -0.15) is 0 Å². The number of carbonyl (C=O) groups is 2. The standard InChI is InChI=1S/C10H12N2O3/c1-7-2-3-8(5-11-7)9(12-6-13)4-10(14)15/h2-3,5-6,9H,4H2,1H3,(H,12,13)(H,14,15). The zero-order chi connectivity index (χ0) is 11.3. The van der Waals surface area contributed by atoms with Crippen LogP contribution in [0.2, 0.25) is 0 Å². The maximum absolute atomic E-state index is 10.5. The minimum Gasteiger partial charge on any atom is -0.481 e. The van der Waals surface area contributed by atoms with E-state index in [-0.39, 0.29) is 6.42 Å². The molecule has 0 saturated carbocycles. The molecule has 1 aromatic rings. The number of nitrogens with zero attached hydrogens (tertiary/aromatic N) is 1. The molecule has 5 heteroatoms. The third-order valence-electron chi connectivity index (χ3n) is 1.98. The normalized spacial score (nSPS) is 11.8. The largest absolute Gasteiger partial charge is 0.481 e. The lowest BCUT2D eigenvalue weighted by molar-refractivity contribution is -0.137. The van der Waals surface area contributed by atoms with Crippen molar-refractivity contribution in [3.8, 4) is 0 Å². The van der Waals surface area contributed by atoms with Gasteiger partial charge in [0, 0.05) is 11.9 Å². The van der Waals surface area contributed by atoms with Gasteiger partial charge < -0.3 is 10.4 Å². The maximum atomic E-state index is 10.5. The van der Waals surface area contributed by atoms with Crippen LogP contribution in [0, 0.1) is 6.92 Å². The van der Waals surface area contributed by atoms with Gasteiger partial charge in [-0.1, -0.05) is 6.07 Å². The van der Waals surface area contributed by atoms with E-state index in [1.807, 2.05) is 6.92 Å². The first kappa shape index (κ1) is 11.2. The van der Waals surface area contributed by atoms with Crippen LogP contribution < -0.4 is 5.32 Å². The summed E-state index contributed by atoms with van der Waals surface area (Å²) in [5.74, 6) is -0.963. The molecule has 0 aliphatic rings. The van der Waals surface area contributed by atoms with Crippen molar-refractivity contribution in [3.63, 3.8) is 0 Å². The molecular weight excluding hydrogens is 196 g/mol. The van der Waals surface area contributed by atoms with Crippen molar-refractivity contribution in [2.75, 3.05) is 0 Å². The number of carboxylic acids is 1. The number of aliphatic carboxylic acids is 1. The summed E-state index contributed by atoms with van der Waals surface area (Å²) in [6.45, 7) is 1.84. The fourth-order valence-electron chi connectivity index (χ4n) is 1.22. The number of rotatable bonds is 5. The zero-order valence-electron chi connectivity index (χ0n) is 8.30. The second kappa shape index (κ2) is 5.09. The van der Waals surface area contributed by atoms with Crippen LogP contribution in [0.3, 0.4) is 0 Å². The van der Waals surface area contributed by atoms with E-state index in [0.717, 1.165) is 5.69 Å². The summed E-state index contributed by atoms with van der Waals surface area (Å²) in [5.41, 5.74) is 1.54. The Morgan fingerprint density at radius 1 is 1.67 bits per heavy atom. The predicted octanol–water partition coefficient (Wildman–Crippen LogP) is 0.652. The monoisotopic (exact) mass is 208 g/mol. The molecule has 1 atom stereocenters. The molecule has 15 heavy (non-hydrogen) atoms. The Balaban J connectivity index is 2.83. The van der Waals surface area contributed by atoms with Gasteiger partial charge in [-0.25, -0.2) is 0 Å². The van der Waals surface area contributed by atoms with Crippen LogP contribution in [-0.4, -0.2) is 22.5 Å². The third-order valence-corrected chi connectivity index (χ3v) is 1.98. The molecule has 0 spiro atoms. The molecule has 1 unspecified atom stereocenters. The minimum atomic E-state index is -0.963. The van der Waals surface area contributed by atoms with Gasteiger partial charge in [0.15, 0.2) is 0 Å². The van der Waals surface area contributed by atoms with E-state index in [0.29, 0.717) is 12.0 Å². The summed E-state index contributed by atoms with van der Waals surface area (Å²) >= 11 is 0. The SMILES string of the molecule is Cc1ccc(C(CC(=O)O)NC=O)cn1. The molecule has 0 fully saturated rings. The predicted molar refractivity (Wildman–Crippen MR) is 53.2 cm³/mol. The van der Waals surface area contributed by atoms with Crippen LogP contribution in [0.15, 0.2) is 18.3 Å². The second-order valence-corrected chi connectivity index (χ2v) is 3.17. The Hall–Kier alpha value is -1.91. The molecular formula is C10H12N2O3. The molecule has 0 aromatic carbocycles. The number of nitrogens with one attached hydrogen (secondary N) is 1. The molecule has 0 saturated heterocycles. The lowest BCUT2D eigenvalue weighted by atomic mass is 10.1. The van der Waals surface area contributed by atoms with E-state index in [2.05, 4.69) is 10.3 Å². The van der Waals surface area contributed by atoms with Crippen LogP contribution in [0.1, 0.15) is 23.7 Å². The Kier molecular flexibility index (Phi) is 3.79. The van der Waals surface area contributed by atoms with E-state index in [1.54, 1.807) is 18.3 Å². The highest BCUT2D eigenvalue weighted by atomic mass is 16.4. The lowest BCUT2D eigenvalue weighted by Gasteiger charge is -2.13. The molecule has 1 rings (SSSR count). The van der Waals surface area contributed by atoms with Crippen molar-refractivity contribution < 1.29 is 14.7 Å². The number of aromatic nitrogens is 1. The summed E-state index contributed by atoms with van der Waals surface area (Å²) in [7, 11) is 0. The zero-order valence-corrected chi connectivity index (χ0v) is 8.30.